The van der Waals surface area contributed by atoms with Crippen molar-refractivity contribution in [3.63, 3.8) is 0 Å². The summed E-state index contributed by atoms with van der Waals surface area (Å²) in [6.07, 6.45) is 4.99. The highest BCUT2D eigenvalue weighted by atomic mass is 15.2. The van der Waals surface area contributed by atoms with Gasteiger partial charge in [0.1, 0.15) is 11.6 Å². The molecule has 0 bridgehead atoms. The lowest BCUT2D eigenvalue weighted by Crippen LogP contribution is -2.40. The largest absolute Gasteiger partial charge is 0.357 e. The first-order chi connectivity index (χ1) is 9.51. The van der Waals surface area contributed by atoms with E-state index in [0.717, 1.165) is 17.3 Å². The lowest BCUT2D eigenvalue weighted by atomic mass is 9.90. The van der Waals surface area contributed by atoms with E-state index >= 15 is 0 Å². The van der Waals surface area contributed by atoms with Crippen molar-refractivity contribution in [2.45, 2.75) is 64.5 Å². The highest BCUT2D eigenvalue weighted by Crippen LogP contribution is 2.26. The van der Waals surface area contributed by atoms with Gasteiger partial charge in [0.25, 0.3) is 0 Å². The molecule has 0 amide bonds. The Morgan fingerprint density at radius 1 is 1.20 bits per heavy atom. The van der Waals surface area contributed by atoms with Crippen LogP contribution in [-0.4, -0.2) is 36.1 Å². The minimum atomic E-state index is 0.377. The van der Waals surface area contributed by atoms with Crippen molar-refractivity contribution in [2.75, 3.05) is 19.0 Å². The van der Waals surface area contributed by atoms with Crippen LogP contribution in [0.5, 0.6) is 0 Å². The Morgan fingerprint density at radius 3 is 2.40 bits per heavy atom. The summed E-state index contributed by atoms with van der Waals surface area (Å²) in [7, 11) is 4.24. The van der Waals surface area contributed by atoms with Crippen LogP contribution < -0.4 is 10.2 Å². The van der Waals surface area contributed by atoms with Gasteiger partial charge in [-0.05, 0) is 39.7 Å². The van der Waals surface area contributed by atoms with E-state index in [9.17, 15) is 0 Å². The summed E-state index contributed by atoms with van der Waals surface area (Å²) in [5.41, 5.74) is 1.06. The second-order valence-corrected chi connectivity index (χ2v) is 6.29. The molecule has 1 heterocycles. The van der Waals surface area contributed by atoms with Crippen LogP contribution in [0.1, 0.15) is 57.0 Å². The summed E-state index contributed by atoms with van der Waals surface area (Å²) in [6, 6.07) is 3.41. The summed E-state index contributed by atoms with van der Waals surface area (Å²) < 4.78 is 0. The zero-order valence-corrected chi connectivity index (χ0v) is 13.5. The Balaban J connectivity index is 2.11. The molecule has 0 aromatic carbocycles. The van der Waals surface area contributed by atoms with E-state index in [1.807, 2.05) is 0 Å². The van der Waals surface area contributed by atoms with E-state index in [1.54, 1.807) is 0 Å². The maximum absolute atomic E-state index is 4.75. The van der Waals surface area contributed by atoms with Crippen LogP contribution in [-0.2, 0) is 0 Å². The van der Waals surface area contributed by atoms with Gasteiger partial charge in [0.05, 0.1) is 0 Å². The molecule has 2 rings (SSSR count). The molecule has 1 N–H and O–H groups in total. The molecule has 0 unspecified atom stereocenters. The Bertz CT molecular complexity index is 436. The molecule has 1 fully saturated rings. The second kappa shape index (κ2) is 6.53. The van der Waals surface area contributed by atoms with Crippen molar-refractivity contribution in [2.24, 2.45) is 0 Å². The summed E-state index contributed by atoms with van der Waals surface area (Å²) in [6.45, 7) is 6.36. The molecule has 0 spiro atoms. The topological polar surface area (TPSA) is 41.0 Å². The van der Waals surface area contributed by atoms with Crippen LogP contribution in [0.3, 0.4) is 0 Å². The van der Waals surface area contributed by atoms with Crippen LogP contribution in [0.4, 0.5) is 5.82 Å². The fraction of sp³-hybridized carbons (Fsp3) is 0.750. The number of aromatic nitrogens is 2. The third-order valence-corrected chi connectivity index (χ3v) is 4.39. The fourth-order valence-electron chi connectivity index (χ4n) is 2.95. The first kappa shape index (κ1) is 15.2. The maximum Gasteiger partial charge on any atom is 0.133 e. The maximum atomic E-state index is 4.75. The molecule has 1 saturated carbocycles. The molecule has 0 saturated heterocycles. The van der Waals surface area contributed by atoms with Gasteiger partial charge in [-0.2, -0.15) is 0 Å². The van der Waals surface area contributed by atoms with E-state index in [-0.39, 0.29) is 0 Å². The molecule has 1 aliphatic rings. The van der Waals surface area contributed by atoms with Gasteiger partial charge in [-0.1, -0.05) is 13.8 Å². The molecule has 0 radical (unpaired) electrons. The van der Waals surface area contributed by atoms with Gasteiger partial charge in [0.15, 0.2) is 0 Å². The van der Waals surface area contributed by atoms with Gasteiger partial charge in [-0.15, -0.1) is 0 Å². The molecule has 20 heavy (non-hydrogen) atoms. The summed E-state index contributed by atoms with van der Waals surface area (Å²) in [5, 5.41) is 3.39. The quantitative estimate of drug-likeness (QED) is 0.918. The van der Waals surface area contributed by atoms with Crippen LogP contribution in [0.15, 0.2) is 6.07 Å². The fourth-order valence-corrected chi connectivity index (χ4v) is 2.95. The van der Waals surface area contributed by atoms with E-state index < -0.39 is 0 Å². The average molecular weight is 276 g/mol. The van der Waals surface area contributed by atoms with Gasteiger partial charge < -0.3 is 10.2 Å². The lowest BCUT2D eigenvalue weighted by Gasteiger charge is -2.35. The van der Waals surface area contributed by atoms with Crippen molar-refractivity contribution in [3.8, 4) is 0 Å². The van der Waals surface area contributed by atoms with Crippen molar-refractivity contribution < 1.29 is 0 Å². The minimum Gasteiger partial charge on any atom is -0.357 e. The average Bonchev–Trinajstić information content (AvgIpc) is 2.46. The molecule has 4 nitrogen and oxygen atoms in total. The highest BCUT2D eigenvalue weighted by molar-refractivity contribution is 5.40. The van der Waals surface area contributed by atoms with Gasteiger partial charge in [-0.3, -0.25) is 0 Å². The standard InChI is InChI=1S/C16H28N4/c1-11(2)16-18-12(3)10-15(19-16)20(5)14-8-6-13(17-4)7-9-14/h10-11,13-14,17H,6-9H2,1-5H3. The number of hydrogen-bond donors (Lipinski definition) is 1. The lowest BCUT2D eigenvalue weighted by molar-refractivity contribution is 0.350. The number of rotatable bonds is 4. The van der Waals surface area contributed by atoms with E-state index in [4.69, 9.17) is 4.98 Å². The molecule has 1 aliphatic carbocycles. The Hall–Kier alpha value is -1.16. The van der Waals surface area contributed by atoms with Crippen LogP contribution in [0, 0.1) is 6.92 Å². The minimum absolute atomic E-state index is 0.377. The first-order valence-electron chi connectivity index (χ1n) is 7.77. The van der Waals surface area contributed by atoms with Crippen molar-refractivity contribution in [1.29, 1.82) is 0 Å². The van der Waals surface area contributed by atoms with Crippen molar-refractivity contribution >= 4 is 5.82 Å². The molecule has 1 aromatic heterocycles. The predicted molar refractivity (Wildman–Crippen MR) is 84.4 cm³/mol. The van der Waals surface area contributed by atoms with E-state index in [1.165, 1.54) is 25.7 Å². The summed E-state index contributed by atoms with van der Waals surface area (Å²) in [4.78, 5) is 11.6. The number of aryl methyl sites for hydroxylation is 1. The smallest absolute Gasteiger partial charge is 0.133 e. The van der Waals surface area contributed by atoms with Crippen LogP contribution in [0.2, 0.25) is 0 Å². The Labute approximate surface area is 123 Å². The first-order valence-corrected chi connectivity index (χ1v) is 7.77. The van der Waals surface area contributed by atoms with Gasteiger partial charge >= 0.3 is 0 Å². The third kappa shape index (κ3) is 3.48. The van der Waals surface area contributed by atoms with E-state index in [0.29, 0.717) is 18.0 Å². The molecule has 1 aromatic rings. The normalized spacial score (nSPS) is 23.1. The van der Waals surface area contributed by atoms with E-state index in [2.05, 4.69) is 56.1 Å². The molecule has 4 heteroatoms. The number of hydrogen-bond acceptors (Lipinski definition) is 4. The molecular formula is C16H28N4. The van der Waals surface area contributed by atoms with Crippen molar-refractivity contribution in [1.82, 2.24) is 15.3 Å². The highest BCUT2D eigenvalue weighted by Gasteiger charge is 2.24. The number of nitrogens with zero attached hydrogens (tertiary/aromatic N) is 3. The second-order valence-electron chi connectivity index (χ2n) is 6.29. The Morgan fingerprint density at radius 2 is 1.85 bits per heavy atom. The van der Waals surface area contributed by atoms with Crippen LogP contribution in [0.25, 0.3) is 0 Å². The van der Waals surface area contributed by atoms with Gasteiger partial charge in [0, 0.05) is 36.8 Å². The van der Waals surface area contributed by atoms with Crippen molar-refractivity contribution in [3.05, 3.63) is 17.6 Å². The van der Waals surface area contributed by atoms with Gasteiger partial charge in [0.2, 0.25) is 0 Å². The SMILES string of the molecule is CNC1CCC(N(C)c2cc(C)nc(C(C)C)n2)CC1. The number of anilines is 1. The summed E-state index contributed by atoms with van der Waals surface area (Å²) >= 11 is 0. The molecule has 0 atom stereocenters. The van der Waals surface area contributed by atoms with Crippen LogP contribution >= 0.6 is 0 Å². The zero-order chi connectivity index (χ0) is 14.7. The molecule has 112 valence electrons. The number of nitrogens with one attached hydrogen (secondary N) is 1. The molecule has 0 aliphatic heterocycles. The van der Waals surface area contributed by atoms with Gasteiger partial charge in [-0.25, -0.2) is 9.97 Å². The summed E-state index contributed by atoms with van der Waals surface area (Å²) in [5.74, 6) is 2.41. The Kier molecular flexibility index (Phi) is 4.97. The third-order valence-electron chi connectivity index (χ3n) is 4.39. The predicted octanol–water partition coefficient (Wildman–Crippen LogP) is 2.88. The molecular weight excluding hydrogens is 248 g/mol. The monoisotopic (exact) mass is 276 g/mol. The zero-order valence-electron chi connectivity index (χ0n) is 13.5.